The normalized spacial score (nSPS) is 11.8. The summed E-state index contributed by atoms with van der Waals surface area (Å²) in [5, 5.41) is 8.54. The number of halogens is 2. The number of rotatable bonds is 6. The molecule has 4 nitrogen and oxygen atoms in total. The molecule has 7 heteroatoms. The Morgan fingerprint density at radius 3 is 2.29 bits per heavy atom. The van der Waals surface area contributed by atoms with Crippen LogP contribution in [0.2, 0.25) is 0 Å². The van der Waals surface area contributed by atoms with Crippen LogP contribution in [0.25, 0.3) is 0 Å². The van der Waals surface area contributed by atoms with Gasteiger partial charge >= 0.3 is 6.61 Å². The zero-order valence-corrected chi connectivity index (χ0v) is 9.66. The lowest BCUT2D eigenvalue weighted by Gasteiger charge is -2.06. The van der Waals surface area contributed by atoms with Crippen molar-refractivity contribution in [1.82, 2.24) is 0 Å². The lowest BCUT2D eigenvalue weighted by atomic mass is 10.2. The summed E-state index contributed by atoms with van der Waals surface area (Å²) < 4.78 is 50.5. The zero-order chi connectivity index (χ0) is 12.9. The van der Waals surface area contributed by atoms with Gasteiger partial charge in [-0.15, -0.1) is 0 Å². The fourth-order valence-corrected chi connectivity index (χ4v) is 2.36. The predicted octanol–water partition coefficient (Wildman–Crippen LogP) is 1.20. The van der Waals surface area contributed by atoms with E-state index < -0.39 is 23.1 Å². The van der Waals surface area contributed by atoms with Gasteiger partial charge in [0.15, 0.2) is 9.84 Å². The van der Waals surface area contributed by atoms with Crippen molar-refractivity contribution in [1.29, 1.82) is 0 Å². The SMILES string of the molecule is O=S(=O)(CCO)Cc1ccc(OC(F)F)cc1. The molecule has 0 radical (unpaired) electrons. The van der Waals surface area contributed by atoms with Crippen molar-refractivity contribution in [3.05, 3.63) is 29.8 Å². The highest BCUT2D eigenvalue weighted by Gasteiger charge is 2.11. The van der Waals surface area contributed by atoms with Crippen molar-refractivity contribution >= 4 is 9.84 Å². The molecular formula is C10H12F2O4S. The van der Waals surface area contributed by atoms with Crippen molar-refractivity contribution in [2.45, 2.75) is 12.4 Å². The maximum atomic E-state index is 11.8. The largest absolute Gasteiger partial charge is 0.435 e. The van der Waals surface area contributed by atoms with Gasteiger partial charge < -0.3 is 9.84 Å². The molecule has 17 heavy (non-hydrogen) atoms. The van der Waals surface area contributed by atoms with Crippen LogP contribution in [0.5, 0.6) is 5.75 Å². The van der Waals surface area contributed by atoms with E-state index in [1.54, 1.807) is 0 Å². The van der Waals surface area contributed by atoms with E-state index in [1.165, 1.54) is 24.3 Å². The molecule has 0 heterocycles. The zero-order valence-electron chi connectivity index (χ0n) is 8.84. The van der Waals surface area contributed by atoms with E-state index in [2.05, 4.69) is 4.74 Å². The molecule has 0 spiro atoms. The van der Waals surface area contributed by atoms with Crippen LogP contribution < -0.4 is 4.74 Å². The molecule has 0 atom stereocenters. The van der Waals surface area contributed by atoms with Gasteiger partial charge in [0.25, 0.3) is 0 Å². The number of ether oxygens (including phenoxy) is 1. The molecule has 0 aromatic heterocycles. The lowest BCUT2D eigenvalue weighted by Crippen LogP contribution is -2.12. The summed E-state index contributed by atoms with van der Waals surface area (Å²) >= 11 is 0. The predicted molar refractivity (Wildman–Crippen MR) is 57.7 cm³/mol. The van der Waals surface area contributed by atoms with Crippen molar-refractivity contribution in [3.63, 3.8) is 0 Å². The van der Waals surface area contributed by atoms with Crippen molar-refractivity contribution in [2.75, 3.05) is 12.4 Å². The minimum absolute atomic E-state index is 0.0247. The quantitative estimate of drug-likeness (QED) is 0.840. The fraction of sp³-hybridized carbons (Fsp3) is 0.400. The average molecular weight is 266 g/mol. The minimum atomic E-state index is -3.36. The number of hydrogen-bond donors (Lipinski definition) is 1. The molecule has 0 amide bonds. The first-order chi connectivity index (χ1) is 7.93. The van der Waals surface area contributed by atoms with Crippen LogP contribution in [0, 0.1) is 0 Å². The second-order valence-electron chi connectivity index (χ2n) is 3.34. The molecule has 0 aliphatic carbocycles. The average Bonchev–Trinajstić information content (AvgIpc) is 2.19. The monoisotopic (exact) mass is 266 g/mol. The smallest absolute Gasteiger partial charge is 0.387 e. The third-order valence-electron chi connectivity index (χ3n) is 1.94. The van der Waals surface area contributed by atoms with Crippen LogP contribution in [0.3, 0.4) is 0 Å². The first-order valence-corrected chi connectivity index (χ1v) is 6.60. The summed E-state index contributed by atoms with van der Waals surface area (Å²) in [6, 6.07) is 5.34. The fourth-order valence-electron chi connectivity index (χ4n) is 1.23. The number of hydrogen-bond acceptors (Lipinski definition) is 4. The number of aliphatic hydroxyl groups is 1. The highest BCUT2D eigenvalue weighted by molar-refractivity contribution is 7.90. The number of aliphatic hydroxyl groups excluding tert-OH is 1. The molecule has 1 N–H and O–H groups in total. The van der Waals surface area contributed by atoms with Gasteiger partial charge in [-0.2, -0.15) is 8.78 Å². The summed E-state index contributed by atoms with van der Waals surface area (Å²) in [6.07, 6.45) is 0. The molecular weight excluding hydrogens is 254 g/mol. The Morgan fingerprint density at radius 2 is 1.82 bits per heavy atom. The van der Waals surface area contributed by atoms with E-state index in [0.29, 0.717) is 5.56 Å². The lowest BCUT2D eigenvalue weighted by molar-refractivity contribution is -0.0498. The molecule has 0 unspecified atom stereocenters. The number of benzene rings is 1. The summed E-state index contributed by atoms with van der Waals surface area (Å²) in [5.41, 5.74) is 0.458. The van der Waals surface area contributed by atoms with Gasteiger partial charge in [-0.3, -0.25) is 0 Å². The van der Waals surface area contributed by atoms with Crippen LogP contribution in [-0.2, 0) is 15.6 Å². The van der Waals surface area contributed by atoms with Gasteiger partial charge in [0.2, 0.25) is 0 Å². The molecule has 1 aromatic carbocycles. The van der Waals surface area contributed by atoms with Crippen LogP contribution in [-0.4, -0.2) is 32.5 Å². The molecule has 0 saturated heterocycles. The molecule has 96 valence electrons. The standard InChI is InChI=1S/C10H12F2O4S/c11-10(12)16-9-3-1-8(2-4-9)7-17(14,15)6-5-13/h1-4,10,13H,5-7H2. The van der Waals surface area contributed by atoms with Gasteiger partial charge in [0, 0.05) is 0 Å². The van der Waals surface area contributed by atoms with Gasteiger partial charge in [-0.25, -0.2) is 8.42 Å². The highest BCUT2D eigenvalue weighted by Crippen LogP contribution is 2.16. The Bertz CT molecular complexity index is 442. The summed E-state index contributed by atoms with van der Waals surface area (Å²) in [5.74, 6) is -0.576. The van der Waals surface area contributed by atoms with Gasteiger partial charge in [-0.1, -0.05) is 12.1 Å². The third kappa shape index (κ3) is 5.10. The van der Waals surface area contributed by atoms with Gasteiger partial charge in [0.05, 0.1) is 18.1 Å². The van der Waals surface area contributed by atoms with Crippen molar-refractivity contribution in [2.24, 2.45) is 0 Å². The van der Waals surface area contributed by atoms with E-state index in [4.69, 9.17) is 5.11 Å². The minimum Gasteiger partial charge on any atom is -0.435 e. The van der Waals surface area contributed by atoms with E-state index in [9.17, 15) is 17.2 Å². The van der Waals surface area contributed by atoms with Gasteiger partial charge in [-0.05, 0) is 17.7 Å². The van der Waals surface area contributed by atoms with E-state index in [0.717, 1.165) is 0 Å². The molecule has 1 rings (SSSR count). The van der Waals surface area contributed by atoms with Crippen molar-refractivity contribution < 1.29 is 27.0 Å². The van der Waals surface area contributed by atoms with Gasteiger partial charge in [0.1, 0.15) is 5.75 Å². The molecule has 0 aliphatic rings. The molecule has 0 aliphatic heterocycles. The van der Waals surface area contributed by atoms with Crippen molar-refractivity contribution in [3.8, 4) is 5.75 Å². The molecule has 1 aromatic rings. The number of sulfone groups is 1. The highest BCUT2D eigenvalue weighted by atomic mass is 32.2. The van der Waals surface area contributed by atoms with Crippen LogP contribution >= 0.6 is 0 Å². The maximum absolute atomic E-state index is 11.8. The molecule has 0 fully saturated rings. The Kier molecular flexibility index (Phi) is 4.83. The van der Waals surface area contributed by atoms with E-state index in [-0.39, 0.29) is 17.3 Å². The van der Waals surface area contributed by atoms with Crippen LogP contribution in [0.4, 0.5) is 8.78 Å². The third-order valence-corrected chi connectivity index (χ3v) is 3.52. The first-order valence-electron chi connectivity index (χ1n) is 4.78. The second kappa shape index (κ2) is 5.92. The Labute approximate surface area is 97.8 Å². The summed E-state index contributed by atoms with van der Waals surface area (Å²) in [6.45, 7) is -3.34. The van der Waals surface area contributed by atoms with E-state index >= 15 is 0 Å². The summed E-state index contributed by atoms with van der Waals surface area (Å²) in [7, 11) is -3.36. The Morgan fingerprint density at radius 1 is 1.24 bits per heavy atom. The molecule has 0 saturated carbocycles. The topological polar surface area (TPSA) is 63.6 Å². The summed E-state index contributed by atoms with van der Waals surface area (Å²) in [4.78, 5) is 0. The Balaban J connectivity index is 2.68. The molecule has 0 bridgehead atoms. The maximum Gasteiger partial charge on any atom is 0.387 e. The first kappa shape index (κ1) is 13.9. The van der Waals surface area contributed by atoms with E-state index in [1.807, 2.05) is 0 Å². The van der Waals surface area contributed by atoms with Crippen LogP contribution in [0.1, 0.15) is 5.56 Å². The Hall–Kier alpha value is -1.21. The number of alkyl halides is 2. The second-order valence-corrected chi connectivity index (χ2v) is 5.52. The van der Waals surface area contributed by atoms with Crippen LogP contribution in [0.15, 0.2) is 24.3 Å².